The summed E-state index contributed by atoms with van der Waals surface area (Å²) in [5.74, 6) is -0.589. The third kappa shape index (κ3) is 3.90. The van der Waals surface area contributed by atoms with Crippen molar-refractivity contribution in [3.05, 3.63) is 65.2 Å². The maximum absolute atomic E-state index is 12.8. The van der Waals surface area contributed by atoms with Crippen molar-refractivity contribution in [3.63, 3.8) is 0 Å². The van der Waals surface area contributed by atoms with E-state index in [1.807, 2.05) is 0 Å². The number of hydrogen-bond donors (Lipinski definition) is 1. The van der Waals surface area contributed by atoms with Crippen LogP contribution in [0.4, 0.5) is 10.1 Å². The standard InChI is InChI=1S/C15H12ClFN2O/c1-10(11-2-4-12(17)5-3-11)8-15(20)19-13-6-7-14(16)18-9-13/h2-9H,1H3,(H,19,20). The molecule has 1 heterocycles. The zero-order valence-corrected chi connectivity index (χ0v) is 11.5. The van der Waals surface area contributed by atoms with Gasteiger partial charge in [0.25, 0.3) is 0 Å². The van der Waals surface area contributed by atoms with Crippen molar-refractivity contribution in [2.24, 2.45) is 0 Å². The van der Waals surface area contributed by atoms with Gasteiger partial charge in [-0.05, 0) is 42.3 Å². The average Bonchev–Trinajstić information content (AvgIpc) is 2.42. The molecule has 0 radical (unpaired) electrons. The number of carbonyl (C=O) groups excluding carboxylic acids is 1. The number of nitrogens with one attached hydrogen (secondary N) is 1. The van der Waals surface area contributed by atoms with Gasteiger partial charge in [0.2, 0.25) is 5.91 Å². The van der Waals surface area contributed by atoms with Crippen LogP contribution < -0.4 is 5.32 Å². The Kier molecular flexibility index (Phi) is 4.48. The largest absolute Gasteiger partial charge is 0.321 e. The van der Waals surface area contributed by atoms with Gasteiger partial charge in [-0.3, -0.25) is 4.79 Å². The van der Waals surface area contributed by atoms with E-state index in [2.05, 4.69) is 10.3 Å². The zero-order chi connectivity index (χ0) is 14.5. The second-order valence-electron chi connectivity index (χ2n) is 4.19. The zero-order valence-electron chi connectivity index (χ0n) is 10.7. The number of pyridine rings is 1. The first-order valence-corrected chi connectivity index (χ1v) is 6.29. The molecule has 2 aromatic rings. The SMILES string of the molecule is CC(=CC(=O)Nc1ccc(Cl)nc1)c1ccc(F)cc1. The van der Waals surface area contributed by atoms with Crippen LogP contribution in [0.3, 0.4) is 0 Å². The van der Waals surface area contributed by atoms with Crippen LogP contribution in [0.15, 0.2) is 48.7 Å². The maximum atomic E-state index is 12.8. The van der Waals surface area contributed by atoms with E-state index in [-0.39, 0.29) is 11.7 Å². The third-order valence-corrected chi connectivity index (χ3v) is 2.87. The van der Waals surface area contributed by atoms with Crippen LogP contribution in [0, 0.1) is 5.82 Å². The van der Waals surface area contributed by atoms with Crippen molar-refractivity contribution in [3.8, 4) is 0 Å². The fourth-order valence-corrected chi connectivity index (χ4v) is 1.73. The maximum Gasteiger partial charge on any atom is 0.248 e. The van der Waals surface area contributed by atoms with Gasteiger partial charge in [-0.2, -0.15) is 0 Å². The fourth-order valence-electron chi connectivity index (χ4n) is 1.62. The molecule has 0 saturated carbocycles. The Morgan fingerprint density at radius 2 is 1.95 bits per heavy atom. The monoisotopic (exact) mass is 290 g/mol. The molecule has 20 heavy (non-hydrogen) atoms. The van der Waals surface area contributed by atoms with E-state index in [0.29, 0.717) is 10.8 Å². The van der Waals surface area contributed by atoms with E-state index in [1.54, 1.807) is 31.2 Å². The van der Waals surface area contributed by atoms with Gasteiger partial charge in [0.1, 0.15) is 11.0 Å². The predicted molar refractivity (Wildman–Crippen MR) is 77.9 cm³/mol. The quantitative estimate of drug-likeness (QED) is 0.688. The Balaban J connectivity index is 2.07. The van der Waals surface area contributed by atoms with Crippen molar-refractivity contribution in [2.75, 3.05) is 5.32 Å². The lowest BCUT2D eigenvalue weighted by molar-refractivity contribution is -0.111. The molecule has 0 fully saturated rings. The lowest BCUT2D eigenvalue weighted by Crippen LogP contribution is -2.08. The van der Waals surface area contributed by atoms with E-state index in [1.165, 1.54) is 24.4 Å². The number of halogens is 2. The summed E-state index contributed by atoms with van der Waals surface area (Å²) >= 11 is 5.66. The van der Waals surface area contributed by atoms with Gasteiger partial charge in [0.05, 0.1) is 11.9 Å². The number of anilines is 1. The fraction of sp³-hybridized carbons (Fsp3) is 0.0667. The first-order chi connectivity index (χ1) is 9.54. The molecule has 1 aromatic heterocycles. The first-order valence-electron chi connectivity index (χ1n) is 5.91. The van der Waals surface area contributed by atoms with Crippen LogP contribution in [0.5, 0.6) is 0 Å². The van der Waals surface area contributed by atoms with Crippen molar-refractivity contribution < 1.29 is 9.18 Å². The predicted octanol–water partition coefficient (Wildman–Crippen LogP) is 3.92. The molecular weight excluding hydrogens is 279 g/mol. The number of amides is 1. The van der Waals surface area contributed by atoms with Gasteiger partial charge in [0.15, 0.2) is 0 Å². The highest BCUT2D eigenvalue weighted by Crippen LogP contribution is 2.15. The summed E-state index contributed by atoms with van der Waals surface area (Å²) in [4.78, 5) is 15.7. The van der Waals surface area contributed by atoms with E-state index >= 15 is 0 Å². The Bertz CT molecular complexity index is 636. The van der Waals surface area contributed by atoms with Gasteiger partial charge in [-0.25, -0.2) is 9.37 Å². The second kappa shape index (κ2) is 6.30. The molecule has 3 nitrogen and oxygen atoms in total. The van der Waals surface area contributed by atoms with Gasteiger partial charge in [-0.1, -0.05) is 23.7 Å². The Hall–Kier alpha value is -2.20. The molecule has 1 N–H and O–H groups in total. The summed E-state index contributed by atoms with van der Waals surface area (Å²) in [7, 11) is 0. The highest BCUT2D eigenvalue weighted by atomic mass is 35.5. The van der Waals surface area contributed by atoms with Crippen LogP contribution >= 0.6 is 11.6 Å². The lowest BCUT2D eigenvalue weighted by Gasteiger charge is -2.04. The number of nitrogens with zero attached hydrogens (tertiary/aromatic N) is 1. The summed E-state index contributed by atoms with van der Waals surface area (Å²) in [6.45, 7) is 1.78. The number of hydrogen-bond acceptors (Lipinski definition) is 2. The van der Waals surface area contributed by atoms with Crippen molar-refractivity contribution in [1.29, 1.82) is 0 Å². The second-order valence-corrected chi connectivity index (χ2v) is 4.58. The first kappa shape index (κ1) is 14.2. The summed E-state index contributed by atoms with van der Waals surface area (Å²) in [5.41, 5.74) is 2.09. The van der Waals surface area contributed by atoms with E-state index < -0.39 is 0 Å². The highest BCUT2D eigenvalue weighted by molar-refractivity contribution is 6.29. The molecule has 1 amide bonds. The van der Waals surface area contributed by atoms with Gasteiger partial charge >= 0.3 is 0 Å². The van der Waals surface area contributed by atoms with E-state index in [0.717, 1.165) is 11.1 Å². The van der Waals surface area contributed by atoms with Crippen molar-refractivity contribution in [2.45, 2.75) is 6.92 Å². The minimum atomic E-state index is -0.307. The highest BCUT2D eigenvalue weighted by Gasteiger charge is 2.02. The topological polar surface area (TPSA) is 42.0 Å². The van der Waals surface area contributed by atoms with Crippen molar-refractivity contribution in [1.82, 2.24) is 4.98 Å². The number of allylic oxidation sites excluding steroid dienone is 1. The number of benzene rings is 1. The molecule has 5 heteroatoms. The molecule has 0 saturated heterocycles. The number of rotatable bonds is 3. The van der Waals surface area contributed by atoms with Crippen molar-refractivity contribution >= 4 is 28.8 Å². The van der Waals surface area contributed by atoms with Crippen LogP contribution in [0.2, 0.25) is 5.15 Å². The van der Waals surface area contributed by atoms with Crippen LogP contribution in [-0.2, 0) is 4.79 Å². The molecule has 0 atom stereocenters. The molecule has 0 unspecified atom stereocenters. The molecule has 0 spiro atoms. The summed E-state index contributed by atoms with van der Waals surface area (Å²) in [6, 6.07) is 9.21. The Morgan fingerprint density at radius 3 is 2.55 bits per heavy atom. The summed E-state index contributed by atoms with van der Waals surface area (Å²) in [5, 5.41) is 3.03. The van der Waals surface area contributed by atoms with E-state index in [9.17, 15) is 9.18 Å². The smallest absolute Gasteiger partial charge is 0.248 e. The van der Waals surface area contributed by atoms with E-state index in [4.69, 9.17) is 11.6 Å². The molecule has 0 aliphatic rings. The summed E-state index contributed by atoms with van der Waals surface area (Å²) in [6.07, 6.45) is 2.92. The minimum absolute atomic E-state index is 0.282. The Morgan fingerprint density at radius 1 is 1.25 bits per heavy atom. The third-order valence-electron chi connectivity index (χ3n) is 2.64. The molecule has 0 aliphatic heterocycles. The van der Waals surface area contributed by atoms with Crippen LogP contribution in [0.1, 0.15) is 12.5 Å². The molecule has 0 aliphatic carbocycles. The molecule has 0 bridgehead atoms. The average molecular weight is 291 g/mol. The minimum Gasteiger partial charge on any atom is -0.321 e. The Labute approximate surface area is 121 Å². The molecular formula is C15H12ClFN2O. The van der Waals surface area contributed by atoms with Crippen LogP contribution in [0.25, 0.3) is 5.57 Å². The van der Waals surface area contributed by atoms with Gasteiger partial charge in [-0.15, -0.1) is 0 Å². The van der Waals surface area contributed by atoms with Gasteiger partial charge in [0, 0.05) is 6.08 Å². The lowest BCUT2D eigenvalue weighted by atomic mass is 10.1. The molecule has 2 rings (SSSR count). The van der Waals surface area contributed by atoms with Gasteiger partial charge < -0.3 is 5.32 Å². The number of aromatic nitrogens is 1. The normalized spacial score (nSPS) is 11.2. The number of carbonyl (C=O) groups is 1. The summed E-state index contributed by atoms with van der Waals surface area (Å²) < 4.78 is 12.8. The van der Waals surface area contributed by atoms with Crippen LogP contribution in [-0.4, -0.2) is 10.9 Å². The molecule has 102 valence electrons. The molecule has 1 aromatic carbocycles.